The highest BCUT2D eigenvalue weighted by Gasteiger charge is 2.56. The number of ether oxygens (including phenoxy) is 1. The standard InChI is InChI=1S/C16H19N5O.C10H16F3NO2/c1-11-8-12(18-10-17-11)13-9-14(20-19-13)15(22)21-7-3-2-4-16(21)5-6-16;1-2-16-9(10(11,12)13)5-3-8(4-6-9)14-7-15/h8-10H,2-7H2,1H3,(H,19,20);7-8H,2-6H2,1H3,(H,14,15). The maximum atomic E-state index is 12.9. The Balaban J connectivity index is 0.000000188. The SMILES string of the molecule is CCOC1(C(F)(F)F)CCC(NC=O)CC1.Cc1cc(-c2cc(C(=O)N3CCCCC34CC4)[nH]n2)ncn1. The molecule has 12 heteroatoms. The zero-order valence-corrected chi connectivity index (χ0v) is 21.8. The fraction of sp³-hybridized carbons (Fsp3) is 0.654. The van der Waals surface area contributed by atoms with Gasteiger partial charge in [0.05, 0.1) is 5.69 Å². The zero-order chi connectivity index (χ0) is 27.4. The van der Waals surface area contributed by atoms with Crippen LogP contribution in [0.15, 0.2) is 18.5 Å². The second-order valence-electron chi connectivity index (χ2n) is 10.3. The largest absolute Gasteiger partial charge is 0.417 e. The first-order valence-electron chi connectivity index (χ1n) is 13.2. The Bertz CT molecular complexity index is 1110. The van der Waals surface area contributed by atoms with Crippen LogP contribution in [-0.2, 0) is 9.53 Å². The summed E-state index contributed by atoms with van der Waals surface area (Å²) in [5.74, 6) is 0.0710. The topological polar surface area (TPSA) is 113 Å². The van der Waals surface area contributed by atoms with E-state index in [4.69, 9.17) is 4.74 Å². The third kappa shape index (κ3) is 6.00. The number of nitrogens with one attached hydrogen (secondary N) is 2. The summed E-state index contributed by atoms with van der Waals surface area (Å²) in [6.07, 6.45) is 3.91. The number of halogens is 3. The van der Waals surface area contributed by atoms with Crippen LogP contribution in [0.4, 0.5) is 13.2 Å². The molecule has 0 bridgehead atoms. The molecule has 2 aliphatic carbocycles. The molecular formula is C26H35F3N6O3. The van der Waals surface area contributed by atoms with Crippen molar-refractivity contribution in [3.05, 3.63) is 29.8 Å². The van der Waals surface area contributed by atoms with Gasteiger partial charge in [-0.2, -0.15) is 18.3 Å². The lowest BCUT2D eigenvalue weighted by Gasteiger charge is -2.40. The number of amides is 2. The van der Waals surface area contributed by atoms with E-state index in [0.29, 0.717) is 30.6 Å². The fourth-order valence-corrected chi connectivity index (χ4v) is 5.51. The van der Waals surface area contributed by atoms with Gasteiger partial charge in [0.2, 0.25) is 6.41 Å². The average Bonchev–Trinajstić information content (AvgIpc) is 3.46. The molecule has 1 saturated heterocycles. The van der Waals surface area contributed by atoms with Gasteiger partial charge in [-0.1, -0.05) is 0 Å². The number of alkyl halides is 3. The normalized spacial score (nSPS) is 24.3. The summed E-state index contributed by atoms with van der Waals surface area (Å²) in [7, 11) is 0. The van der Waals surface area contributed by atoms with E-state index in [1.165, 1.54) is 12.7 Å². The quantitative estimate of drug-likeness (QED) is 0.531. The van der Waals surface area contributed by atoms with Gasteiger partial charge in [0, 0.05) is 30.4 Å². The molecule has 9 nitrogen and oxygen atoms in total. The van der Waals surface area contributed by atoms with Gasteiger partial charge in [-0.3, -0.25) is 14.7 Å². The van der Waals surface area contributed by atoms with E-state index < -0.39 is 11.8 Å². The summed E-state index contributed by atoms with van der Waals surface area (Å²) in [4.78, 5) is 33.3. The highest BCUT2D eigenvalue weighted by atomic mass is 19.4. The Hall–Kier alpha value is -3.02. The van der Waals surface area contributed by atoms with Gasteiger partial charge >= 0.3 is 6.18 Å². The Kier molecular flexibility index (Phi) is 8.39. The molecule has 2 aromatic rings. The number of aromatic amines is 1. The second kappa shape index (κ2) is 11.4. The summed E-state index contributed by atoms with van der Waals surface area (Å²) >= 11 is 0. The molecule has 1 aliphatic heterocycles. The molecule has 38 heavy (non-hydrogen) atoms. The first kappa shape index (κ1) is 28.0. The van der Waals surface area contributed by atoms with Gasteiger partial charge in [0.25, 0.3) is 5.91 Å². The number of hydrogen-bond acceptors (Lipinski definition) is 6. The van der Waals surface area contributed by atoms with Crippen LogP contribution in [0.5, 0.6) is 0 Å². The van der Waals surface area contributed by atoms with Crippen LogP contribution >= 0.6 is 0 Å². The summed E-state index contributed by atoms with van der Waals surface area (Å²) in [5, 5.41) is 9.65. The number of rotatable bonds is 6. The van der Waals surface area contributed by atoms with Gasteiger partial charge in [0.15, 0.2) is 5.60 Å². The molecule has 2 saturated carbocycles. The maximum absolute atomic E-state index is 12.9. The molecule has 208 valence electrons. The van der Waals surface area contributed by atoms with Crippen LogP contribution in [0.2, 0.25) is 0 Å². The molecule has 0 radical (unpaired) electrons. The van der Waals surface area contributed by atoms with E-state index in [0.717, 1.165) is 43.6 Å². The van der Waals surface area contributed by atoms with Crippen LogP contribution in [0.1, 0.15) is 80.9 Å². The maximum Gasteiger partial charge on any atom is 0.417 e. The number of piperidine rings is 1. The van der Waals surface area contributed by atoms with E-state index >= 15 is 0 Å². The molecule has 0 aromatic carbocycles. The van der Waals surface area contributed by atoms with Crippen molar-refractivity contribution in [2.75, 3.05) is 13.2 Å². The average molecular weight is 537 g/mol. The molecular weight excluding hydrogens is 501 g/mol. The molecule has 0 atom stereocenters. The molecule has 2 amide bonds. The minimum atomic E-state index is -4.34. The lowest BCUT2D eigenvalue weighted by atomic mass is 9.81. The van der Waals surface area contributed by atoms with Gasteiger partial charge in [-0.15, -0.1) is 0 Å². The van der Waals surface area contributed by atoms with Gasteiger partial charge in [-0.25, -0.2) is 9.97 Å². The van der Waals surface area contributed by atoms with Crippen molar-refractivity contribution in [2.24, 2.45) is 0 Å². The number of carbonyl (C=O) groups excluding carboxylic acids is 2. The van der Waals surface area contributed by atoms with Crippen molar-refractivity contribution in [3.8, 4) is 11.4 Å². The van der Waals surface area contributed by atoms with Gasteiger partial charge in [0.1, 0.15) is 17.7 Å². The fourth-order valence-electron chi connectivity index (χ4n) is 5.51. The minimum absolute atomic E-state index is 0.0469. The molecule has 5 rings (SSSR count). The van der Waals surface area contributed by atoms with Crippen molar-refractivity contribution in [1.29, 1.82) is 0 Å². The predicted molar refractivity (Wildman–Crippen MR) is 133 cm³/mol. The Labute approximate surface area is 219 Å². The Morgan fingerprint density at radius 3 is 2.50 bits per heavy atom. The van der Waals surface area contributed by atoms with Crippen molar-refractivity contribution >= 4 is 12.3 Å². The molecule has 1 spiro atoms. The summed E-state index contributed by atoms with van der Waals surface area (Å²) < 4.78 is 43.6. The highest BCUT2D eigenvalue weighted by molar-refractivity contribution is 5.94. The number of aryl methyl sites for hydroxylation is 1. The van der Waals surface area contributed by atoms with Crippen molar-refractivity contribution in [1.82, 2.24) is 30.4 Å². The van der Waals surface area contributed by atoms with Crippen LogP contribution in [0.3, 0.4) is 0 Å². The minimum Gasteiger partial charge on any atom is -0.366 e. The molecule has 3 heterocycles. The molecule has 0 unspecified atom stereocenters. The highest BCUT2D eigenvalue weighted by Crippen LogP contribution is 2.49. The van der Waals surface area contributed by atoms with Crippen LogP contribution < -0.4 is 5.32 Å². The number of nitrogens with zero attached hydrogens (tertiary/aromatic N) is 4. The summed E-state index contributed by atoms with van der Waals surface area (Å²) in [6.45, 7) is 4.38. The smallest absolute Gasteiger partial charge is 0.366 e. The van der Waals surface area contributed by atoms with Crippen molar-refractivity contribution < 1.29 is 27.5 Å². The lowest BCUT2D eigenvalue weighted by molar-refractivity contribution is -0.287. The first-order valence-corrected chi connectivity index (χ1v) is 13.2. The second-order valence-corrected chi connectivity index (χ2v) is 10.3. The molecule has 3 aliphatic rings. The van der Waals surface area contributed by atoms with Crippen LogP contribution in [-0.4, -0.2) is 73.9 Å². The molecule has 2 N–H and O–H groups in total. The van der Waals surface area contributed by atoms with E-state index in [1.807, 2.05) is 13.0 Å². The zero-order valence-electron chi connectivity index (χ0n) is 21.8. The Morgan fingerprint density at radius 1 is 1.16 bits per heavy atom. The number of carbonyl (C=O) groups is 2. The van der Waals surface area contributed by atoms with E-state index in [2.05, 4.69) is 30.4 Å². The molecule has 2 aromatic heterocycles. The van der Waals surface area contributed by atoms with E-state index in [9.17, 15) is 22.8 Å². The van der Waals surface area contributed by atoms with E-state index in [-0.39, 0.29) is 36.9 Å². The number of hydrogen-bond donors (Lipinski definition) is 2. The van der Waals surface area contributed by atoms with Crippen molar-refractivity contribution in [3.63, 3.8) is 0 Å². The van der Waals surface area contributed by atoms with Gasteiger partial charge < -0.3 is 15.0 Å². The van der Waals surface area contributed by atoms with Gasteiger partial charge in [-0.05, 0) is 83.8 Å². The molecule has 3 fully saturated rings. The van der Waals surface area contributed by atoms with Crippen LogP contribution in [0, 0.1) is 6.92 Å². The number of aromatic nitrogens is 4. The summed E-state index contributed by atoms with van der Waals surface area (Å²) in [5.41, 5.74) is 1.00. The predicted octanol–water partition coefficient (Wildman–Crippen LogP) is 4.35. The third-order valence-corrected chi connectivity index (χ3v) is 7.83. The van der Waals surface area contributed by atoms with E-state index in [1.54, 1.807) is 13.0 Å². The van der Waals surface area contributed by atoms with Crippen molar-refractivity contribution in [2.45, 2.75) is 95.0 Å². The number of H-pyrrole nitrogens is 1. The Morgan fingerprint density at radius 2 is 1.89 bits per heavy atom. The van der Waals surface area contributed by atoms with Crippen LogP contribution in [0.25, 0.3) is 11.4 Å². The first-order chi connectivity index (χ1) is 18.1. The summed E-state index contributed by atoms with van der Waals surface area (Å²) in [6, 6.07) is 3.51. The number of likely N-dealkylation sites (tertiary alicyclic amines) is 1. The monoisotopic (exact) mass is 536 g/mol. The lowest BCUT2D eigenvalue weighted by Crippen LogP contribution is -2.52. The third-order valence-electron chi connectivity index (χ3n) is 7.83.